The number of halogens is 12. The van der Waals surface area contributed by atoms with Gasteiger partial charge in [-0.25, -0.2) is 0 Å². The lowest BCUT2D eigenvalue weighted by molar-refractivity contribution is 0.366. The molecule has 0 aliphatic carbocycles. The van der Waals surface area contributed by atoms with Crippen LogP contribution in [0.25, 0.3) is 0 Å². The fourth-order valence-electron chi connectivity index (χ4n) is 0. The van der Waals surface area contributed by atoms with Gasteiger partial charge in [-0.3, -0.25) is 0 Å². The van der Waals surface area contributed by atoms with Crippen LogP contribution in [0.4, 0.5) is 51.8 Å². The van der Waals surface area contributed by atoms with Crippen LogP contribution in [0.3, 0.4) is 0 Å². The van der Waals surface area contributed by atoms with Crippen LogP contribution < -0.4 is 5.32 Å². The number of rotatable bonds is 0. The summed E-state index contributed by atoms with van der Waals surface area (Å²) in [7, 11) is -14.2. The van der Waals surface area contributed by atoms with Crippen molar-refractivity contribution in [3.05, 3.63) is 0 Å². The van der Waals surface area contributed by atoms with E-state index in [4.69, 9.17) is 0 Å². The molecular formula is C3H11B3F12N-3. The normalized spacial score (nSPS) is 10.4. The topological polar surface area (TPSA) is 12.0 Å². The first kappa shape index (κ1) is 31.0. The minimum Gasteiger partial charge on any atom is -0.418 e. The van der Waals surface area contributed by atoms with E-state index in [0.717, 1.165) is 0 Å². The van der Waals surface area contributed by atoms with E-state index in [-0.39, 0.29) is 7.43 Å². The first-order valence-corrected chi connectivity index (χ1v) is 3.62. The number of hydrogen-bond acceptors (Lipinski definition) is 1. The highest BCUT2D eigenvalue weighted by atomic mass is 19.5. The van der Waals surface area contributed by atoms with Gasteiger partial charge in [0.2, 0.25) is 0 Å². The molecule has 0 aliphatic rings. The Hall–Kier alpha value is -0.685. The van der Waals surface area contributed by atoms with E-state index in [1.54, 1.807) is 0 Å². The molecule has 0 aromatic rings. The Balaban J connectivity index is -0.0000000458. The van der Waals surface area contributed by atoms with E-state index in [9.17, 15) is 51.8 Å². The molecule has 0 fully saturated rings. The van der Waals surface area contributed by atoms with Crippen molar-refractivity contribution in [2.75, 3.05) is 14.1 Å². The van der Waals surface area contributed by atoms with E-state index < -0.39 is 21.8 Å². The molecule has 0 radical (unpaired) electrons. The van der Waals surface area contributed by atoms with Crippen LogP contribution in [-0.4, -0.2) is 35.9 Å². The summed E-state index contributed by atoms with van der Waals surface area (Å²) in [4.78, 5) is 0. The molecule has 0 aromatic heterocycles. The van der Waals surface area contributed by atoms with Crippen molar-refractivity contribution in [2.45, 2.75) is 7.43 Å². The highest BCUT2D eigenvalue weighted by Gasteiger charge is 2.21. The van der Waals surface area contributed by atoms with Crippen molar-refractivity contribution in [3.8, 4) is 0 Å². The molecule has 0 unspecified atom stereocenters. The summed E-state index contributed by atoms with van der Waals surface area (Å²) in [6.45, 7) is 0. The van der Waals surface area contributed by atoms with Crippen LogP contribution in [-0.2, 0) is 0 Å². The molecule has 1 N–H and O–H groups in total. The Morgan fingerprint density at radius 1 is 0.474 bits per heavy atom. The Bertz CT molecular complexity index is 115. The summed E-state index contributed by atoms with van der Waals surface area (Å²) in [5.74, 6) is 0. The maximum atomic E-state index is 9.75. The third-order valence-corrected chi connectivity index (χ3v) is 0. The van der Waals surface area contributed by atoms with Crippen molar-refractivity contribution in [1.82, 2.24) is 5.32 Å². The van der Waals surface area contributed by atoms with Crippen molar-refractivity contribution < 1.29 is 51.8 Å². The highest BCUT2D eigenvalue weighted by molar-refractivity contribution is 6.50. The highest BCUT2D eigenvalue weighted by Crippen LogP contribution is 2.07. The van der Waals surface area contributed by atoms with Gasteiger partial charge in [0.05, 0.1) is 0 Å². The SMILES string of the molecule is C.CNC.F[B-](F)(F)F.F[B-](F)(F)F.F[B-](F)(F)F. The summed E-state index contributed by atoms with van der Waals surface area (Å²) in [5, 5.41) is 2.75. The Labute approximate surface area is 102 Å². The van der Waals surface area contributed by atoms with Crippen LogP contribution in [0, 0.1) is 0 Å². The van der Waals surface area contributed by atoms with E-state index in [1.807, 2.05) is 14.1 Å². The lowest BCUT2D eigenvalue weighted by atomic mass is 10.3. The Morgan fingerprint density at radius 3 is 0.474 bits per heavy atom. The molecule has 0 saturated heterocycles. The quantitative estimate of drug-likeness (QED) is 0.516. The lowest BCUT2D eigenvalue weighted by Gasteiger charge is -1.94. The van der Waals surface area contributed by atoms with Gasteiger partial charge in [-0.2, -0.15) is 0 Å². The van der Waals surface area contributed by atoms with E-state index in [2.05, 4.69) is 5.32 Å². The smallest absolute Gasteiger partial charge is 0.418 e. The Kier molecular flexibility index (Phi) is 22.4. The van der Waals surface area contributed by atoms with Crippen LogP contribution in [0.15, 0.2) is 0 Å². The van der Waals surface area contributed by atoms with E-state index in [0.29, 0.717) is 0 Å². The van der Waals surface area contributed by atoms with Gasteiger partial charge >= 0.3 is 21.8 Å². The van der Waals surface area contributed by atoms with Crippen molar-refractivity contribution >= 4 is 21.8 Å². The van der Waals surface area contributed by atoms with Crippen molar-refractivity contribution in [3.63, 3.8) is 0 Å². The monoisotopic (exact) mass is 322 g/mol. The Morgan fingerprint density at radius 2 is 0.474 bits per heavy atom. The van der Waals surface area contributed by atoms with Crippen LogP contribution in [0.2, 0.25) is 0 Å². The molecule has 19 heavy (non-hydrogen) atoms. The second-order valence-corrected chi connectivity index (χ2v) is 1.98. The molecule has 0 saturated carbocycles. The average Bonchev–Trinajstić information content (AvgIpc) is 1.71. The van der Waals surface area contributed by atoms with E-state index in [1.165, 1.54) is 0 Å². The molecule has 0 amide bonds. The fourth-order valence-corrected chi connectivity index (χ4v) is 0. The third kappa shape index (κ3) is 8650. The zero-order valence-electron chi connectivity index (χ0n) is 8.77. The molecule has 16 heteroatoms. The predicted octanol–water partition coefficient (Wildman–Crippen LogP) is 4.37. The summed E-state index contributed by atoms with van der Waals surface area (Å²) < 4.78 is 117. The molecule has 1 nitrogen and oxygen atoms in total. The summed E-state index contributed by atoms with van der Waals surface area (Å²) >= 11 is 0. The molecule has 0 aromatic carbocycles. The third-order valence-electron chi connectivity index (χ3n) is 0. The minimum atomic E-state index is -6.00. The second kappa shape index (κ2) is 13.7. The molecule has 0 aliphatic heterocycles. The van der Waals surface area contributed by atoms with Gasteiger partial charge in [0.25, 0.3) is 0 Å². The van der Waals surface area contributed by atoms with Gasteiger partial charge in [-0.15, -0.1) is 0 Å². The molecule has 0 spiro atoms. The van der Waals surface area contributed by atoms with Crippen molar-refractivity contribution in [2.24, 2.45) is 0 Å². The van der Waals surface area contributed by atoms with Crippen molar-refractivity contribution in [1.29, 1.82) is 0 Å². The maximum absolute atomic E-state index is 9.75. The van der Waals surface area contributed by atoms with Gasteiger partial charge < -0.3 is 57.1 Å². The molecule has 0 heterocycles. The zero-order chi connectivity index (χ0) is 16.2. The fraction of sp³-hybridized carbons (Fsp3) is 1.00. The van der Waals surface area contributed by atoms with Gasteiger partial charge in [0, 0.05) is 0 Å². The number of hydrogen-bond donors (Lipinski definition) is 1. The average molecular weight is 322 g/mol. The molecule has 0 bridgehead atoms. The largest absolute Gasteiger partial charge is 0.673 e. The van der Waals surface area contributed by atoms with Crippen LogP contribution in [0.1, 0.15) is 7.43 Å². The molecule has 0 rings (SSSR count). The predicted molar refractivity (Wildman–Crippen MR) is 52.3 cm³/mol. The standard InChI is InChI=1S/C2H7N.CH4.3BF4/c1-3-2;;3*2-1(3,4)5/h3H,1-2H3;1H4;;;/q;;3*-1. The van der Waals surface area contributed by atoms with E-state index >= 15 is 0 Å². The van der Waals surface area contributed by atoms with Gasteiger partial charge in [-0.1, -0.05) is 7.43 Å². The first-order valence-electron chi connectivity index (χ1n) is 3.62. The summed E-state index contributed by atoms with van der Waals surface area (Å²) in [5.41, 5.74) is 0. The van der Waals surface area contributed by atoms with Gasteiger partial charge in [0.1, 0.15) is 0 Å². The van der Waals surface area contributed by atoms with Gasteiger partial charge in [0.15, 0.2) is 0 Å². The second-order valence-electron chi connectivity index (χ2n) is 1.98. The molecule has 124 valence electrons. The number of nitrogens with one attached hydrogen (secondary N) is 1. The summed E-state index contributed by atoms with van der Waals surface area (Å²) in [6.07, 6.45) is 0. The molecule has 0 atom stereocenters. The summed E-state index contributed by atoms with van der Waals surface area (Å²) in [6, 6.07) is 0. The zero-order valence-corrected chi connectivity index (χ0v) is 8.77. The molecular weight excluding hydrogens is 310 g/mol. The lowest BCUT2D eigenvalue weighted by Crippen LogP contribution is -2.02. The van der Waals surface area contributed by atoms with Crippen LogP contribution in [0.5, 0.6) is 0 Å². The van der Waals surface area contributed by atoms with Gasteiger partial charge in [-0.05, 0) is 14.1 Å². The first-order chi connectivity index (χ1) is 7.41. The minimum absolute atomic E-state index is 0. The van der Waals surface area contributed by atoms with Crippen LogP contribution >= 0.6 is 0 Å². The maximum Gasteiger partial charge on any atom is 0.673 e.